The largest absolute Gasteiger partial charge is 0.462 e. The fraction of sp³-hybridized carbons (Fsp3) is 0.790. The lowest BCUT2D eigenvalue weighted by Gasteiger charge is -2.18. The Hall–Kier alpha value is -2.89. The van der Waals surface area contributed by atoms with E-state index in [0.29, 0.717) is 19.3 Å². The first-order valence-electron chi connectivity index (χ1n) is 29.3. The van der Waals surface area contributed by atoms with E-state index in [1.165, 1.54) is 167 Å². The van der Waals surface area contributed by atoms with Crippen LogP contribution in [0.4, 0.5) is 0 Å². The van der Waals surface area contributed by atoms with Crippen LogP contribution >= 0.6 is 0 Å². The molecule has 0 bridgehead atoms. The number of allylic oxidation sites excluding steroid dienone is 10. The predicted molar refractivity (Wildman–Crippen MR) is 293 cm³/mol. The molecule has 0 aliphatic carbocycles. The molecule has 68 heavy (non-hydrogen) atoms. The van der Waals surface area contributed by atoms with Crippen LogP contribution in [0.25, 0.3) is 0 Å². The molecule has 394 valence electrons. The van der Waals surface area contributed by atoms with Gasteiger partial charge in [-0.05, 0) is 103 Å². The standard InChI is InChI=1S/C62H110O6/c1-4-7-10-13-16-19-22-25-28-30-31-32-35-37-40-43-46-49-52-55-61(64)67-58-59(57-66-60(63)54-51-48-45-42-39-36-33-27-24-21-18-15-12-9-6-3)68-62(65)56-53-50-47-44-41-38-34-29-26-23-20-17-14-11-8-5-2/h8,11,17,20-21,24,26,29-31,59H,4-7,9-10,12-16,18-19,22-23,25,27-28,32-58H2,1-3H3/b11-8-,20-17-,24-21-,29-26-,31-30-. The molecule has 6 heteroatoms. The Balaban J connectivity index is 4.38. The zero-order valence-corrected chi connectivity index (χ0v) is 45.1. The van der Waals surface area contributed by atoms with E-state index in [0.717, 1.165) is 89.9 Å². The van der Waals surface area contributed by atoms with E-state index >= 15 is 0 Å². The van der Waals surface area contributed by atoms with Crippen molar-refractivity contribution in [2.45, 2.75) is 303 Å². The molecule has 0 aliphatic heterocycles. The summed E-state index contributed by atoms with van der Waals surface area (Å²) in [4.78, 5) is 38.2. The Labute approximate surface area is 421 Å². The number of carbonyl (C=O) groups is 3. The minimum Gasteiger partial charge on any atom is -0.462 e. The molecule has 0 aromatic carbocycles. The lowest BCUT2D eigenvalue weighted by molar-refractivity contribution is -0.167. The first-order chi connectivity index (χ1) is 33.5. The number of hydrogen-bond donors (Lipinski definition) is 0. The van der Waals surface area contributed by atoms with E-state index in [-0.39, 0.29) is 31.1 Å². The van der Waals surface area contributed by atoms with Crippen molar-refractivity contribution in [2.75, 3.05) is 13.2 Å². The number of rotatable bonds is 53. The van der Waals surface area contributed by atoms with Crippen molar-refractivity contribution in [2.24, 2.45) is 0 Å². The summed E-state index contributed by atoms with van der Waals surface area (Å²) < 4.78 is 16.9. The molecule has 0 rings (SSSR count). The molecule has 0 fully saturated rings. The molecule has 0 saturated carbocycles. The van der Waals surface area contributed by atoms with Crippen LogP contribution in [0, 0.1) is 0 Å². The fourth-order valence-corrected chi connectivity index (χ4v) is 8.33. The average Bonchev–Trinajstić information content (AvgIpc) is 3.34. The van der Waals surface area contributed by atoms with Gasteiger partial charge in [-0.25, -0.2) is 0 Å². The van der Waals surface area contributed by atoms with E-state index < -0.39 is 6.10 Å². The quantitative estimate of drug-likeness (QED) is 0.0262. The van der Waals surface area contributed by atoms with Gasteiger partial charge in [0.05, 0.1) is 0 Å². The molecule has 0 amide bonds. The van der Waals surface area contributed by atoms with Crippen LogP contribution in [0.1, 0.15) is 297 Å². The van der Waals surface area contributed by atoms with Crippen molar-refractivity contribution in [3.05, 3.63) is 60.8 Å². The highest BCUT2D eigenvalue weighted by Crippen LogP contribution is 2.15. The summed E-state index contributed by atoms with van der Waals surface area (Å²) in [6.45, 7) is 6.53. The van der Waals surface area contributed by atoms with Crippen molar-refractivity contribution in [3.63, 3.8) is 0 Å². The molecule has 1 unspecified atom stereocenters. The van der Waals surface area contributed by atoms with Crippen LogP contribution in [0.3, 0.4) is 0 Å². The first kappa shape index (κ1) is 65.1. The van der Waals surface area contributed by atoms with Gasteiger partial charge in [0.25, 0.3) is 0 Å². The Bertz CT molecular complexity index is 1230. The highest BCUT2D eigenvalue weighted by Gasteiger charge is 2.19. The Morgan fingerprint density at radius 1 is 0.309 bits per heavy atom. The van der Waals surface area contributed by atoms with Crippen molar-refractivity contribution >= 4 is 17.9 Å². The molecule has 0 N–H and O–H groups in total. The van der Waals surface area contributed by atoms with Gasteiger partial charge < -0.3 is 14.2 Å². The minimum absolute atomic E-state index is 0.0821. The van der Waals surface area contributed by atoms with Gasteiger partial charge in [0.15, 0.2) is 6.10 Å². The molecule has 6 nitrogen and oxygen atoms in total. The zero-order valence-electron chi connectivity index (χ0n) is 45.1. The first-order valence-corrected chi connectivity index (χ1v) is 29.3. The summed E-state index contributed by atoms with van der Waals surface area (Å²) in [5.74, 6) is -0.892. The summed E-state index contributed by atoms with van der Waals surface area (Å²) in [5, 5.41) is 0. The van der Waals surface area contributed by atoms with Crippen LogP contribution in [0.5, 0.6) is 0 Å². The summed E-state index contributed by atoms with van der Waals surface area (Å²) in [5.41, 5.74) is 0. The summed E-state index contributed by atoms with van der Waals surface area (Å²) >= 11 is 0. The topological polar surface area (TPSA) is 78.9 Å². The maximum Gasteiger partial charge on any atom is 0.306 e. The number of unbranched alkanes of at least 4 members (excludes halogenated alkanes) is 32. The predicted octanol–water partition coefficient (Wildman–Crippen LogP) is 19.6. The van der Waals surface area contributed by atoms with Gasteiger partial charge in [-0.15, -0.1) is 0 Å². The molecular formula is C62H110O6. The summed E-state index contributed by atoms with van der Waals surface area (Å²) in [7, 11) is 0. The van der Waals surface area contributed by atoms with Crippen molar-refractivity contribution in [1.82, 2.24) is 0 Å². The van der Waals surface area contributed by atoms with Gasteiger partial charge in [0, 0.05) is 19.3 Å². The molecule has 0 saturated heterocycles. The fourth-order valence-electron chi connectivity index (χ4n) is 8.33. The molecule has 0 spiro atoms. The third kappa shape index (κ3) is 54.1. The lowest BCUT2D eigenvalue weighted by atomic mass is 10.1. The smallest absolute Gasteiger partial charge is 0.306 e. The second-order valence-electron chi connectivity index (χ2n) is 19.5. The number of carbonyl (C=O) groups excluding carboxylic acids is 3. The van der Waals surface area contributed by atoms with Crippen molar-refractivity contribution < 1.29 is 28.6 Å². The molecule has 0 aliphatic rings. The van der Waals surface area contributed by atoms with Crippen LogP contribution in [0.15, 0.2) is 60.8 Å². The normalized spacial score (nSPS) is 12.5. The van der Waals surface area contributed by atoms with Gasteiger partial charge >= 0.3 is 17.9 Å². The second kappa shape index (κ2) is 56.7. The number of ether oxygens (including phenoxy) is 3. The maximum atomic E-state index is 12.9. The molecular weight excluding hydrogens is 841 g/mol. The van der Waals surface area contributed by atoms with E-state index in [9.17, 15) is 14.4 Å². The van der Waals surface area contributed by atoms with Crippen LogP contribution in [-0.2, 0) is 28.6 Å². The average molecular weight is 952 g/mol. The SMILES string of the molecule is CC/C=C\C/C=C\C/C=C\CCCCCCCCC(=O)OC(COC(=O)CCCCCCCCC/C=C\CCCCCC)COC(=O)CCCCCCCCC/C=C\CCCCCCCCCC. The zero-order chi connectivity index (χ0) is 49.3. The van der Waals surface area contributed by atoms with E-state index in [1.807, 2.05) is 0 Å². The number of hydrogen-bond acceptors (Lipinski definition) is 6. The van der Waals surface area contributed by atoms with Crippen molar-refractivity contribution in [3.8, 4) is 0 Å². The Kier molecular flexibility index (Phi) is 54.3. The number of esters is 3. The minimum atomic E-state index is -0.785. The van der Waals surface area contributed by atoms with Crippen LogP contribution in [0.2, 0.25) is 0 Å². The van der Waals surface area contributed by atoms with Crippen LogP contribution in [-0.4, -0.2) is 37.2 Å². The Morgan fingerprint density at radius 3 is 0.926 bits per heavy atom. The summed E-state index contributed by atoms with van der Waals surface area (Å²) in [6.07, 6.45) is 70.6. The highest BCUT2D eigenvalue weighted by atomic mass is 16.6. The third-order valence-corrected chi connectivity index (χ3v) is 12.7. The van der Waals surface area contributed by atoms with Gasteiger partial charge in [-0.1, -0.05) is 236 Å². The summed E-state index contributed by atoms with van der Waals surface area (Å²) in [6, 6.07) is 0. The second-order valence-corrected chi connectivity index (χ2v) is 19.5. The van der Waals surface area contributed by atoms with Crippen LogP contribution < -0.4 is 0 Å². The highest BCUT2D eigenvalue weighted by molar-refractivity contribution is 5.71. The molecule has 0 heterocycles. The van der Waals surface area contributed by atoms with Gasteiger partial charge in [-0.2, -0.15) is 0 Å². The van der Waals surface area contributed by atoms with E-state index in [2.05, 4.69) is 81.5 Å². The van der Waals surface area contributed by atoms with Gasteiger partial charge in [0.2, 0.25) is 0 Å². The molecule has 0 aromatic rings. The molecule has 0 radical (unpaired) electrons. The van der Waals surface area contributed by atoms with E-state index in [4.69, 9.17) is 14.2 Å². The van der Waals surface area contributed by atoms with Crippen molar-refractivity contribution in [1.29, 1.82) is 0 Å². The maximum absolute atomic E-state index is 12.9. The van der Waals surface area contributed by atoms with Gasteiger partial charge in [-0.3, -0.25) is 14.4 Å². The van der Waals surface area contributed by atoms with E-state index in [1.54, 1.807) is 0 Å². The molecule has 1 atom stereocenters. The Morgan fingerprint density at radius 2 is 0.574 bits per heavy atom. The third-order valence-electron chi connectivity index (χ3n) is 12.7. The van der Waals surface area contributed by atoms with Gasteiger partial charge in [0.1, 0.15) is 13.2 Å². The lowest BCUT2D eigenvalue weighted by Crippen LogP contribution is -2.30. The monoisotopic (exact) mass is 951 g/mol. The molecule has 0 aromatic heterocycles.